The first kappa shape index (κ1) is 17.0. The van der Waals surface area contributed by atoms with Crippen LogP contribution in [-0.2, 0) is 7.05 Å². The number of ether oxygens (including phenoxy) is 1. The number of benzene rings is 1. The van der Waals surface area contributed by atoms with Crippen molar-refractivity contribution in [1.82, 2.24) is 14.5 Å². The lowest BCUT2D eigenvalue weighted by Crippen LogP contribution is -2.18. The lowest BCUT2D eigenvalue weighted by molar-refractivity contribution is 0.423. The van der Waals surface area contributed by atoms with E-state index in [1.807, 2.05) is 0 Å². The van der Waals surface area contributed by atoms with Crippen LogP contribution in [0.4, 0.5) is 8.78 Å². The zero-order chi connectivity index (χ0) is 18.1. The molecule has 1 aromatic carbocycles. The van der Waals surface area contributed by atoms with E-state index in [0.717, 1.165) is 12.1 Å². The van der Waals surface area contributed by atoms with Crippen LogP contribution in [0.25, 0.3) is 11.3 Å². The van der Waals surface area contributed by atoms with Crippen LogP contribution < -0.4 is 10.3 Å². The van der Waals surface area contributed by atoms with Crippen LogP contribution in [0.3, 0.4) is 0 Å². The molecule has 0 spiro atoms. The van der Waals surface area contributed by atoms with E-state index in [9.17, 15) is 13.6 Å². The zero-order valence-electron chi connectivity index (χ0n) is 13.3. The fourth-order valence-electron chi connectivity index (χ4n) is 2.29. The van der Waals surface area contributed by atoms with Crippen LogP contribution in [-0.4, -0.2) is 14.5 Å². The minimum Gasteiger partial charge on any atom is -0.436 e. The third-order valence-corrected chi connectivity index (χ3v) is 3.61. The number of aryl methyl sites for hydroxylation is 2. The van der Waals surface area contributed by atoms with Crippen molar-refractivity contribution in [2.75, 3.05) is 0 Å². The lowest BCUT2D eigenvalue weighted by atomic mass is 10.1. The topological polar surface area (TPSA) is 57.0 Å². The van der Waals surface area contributed by atoms with Crippen molar-refractivity contribution in [1.29, 1.82) is 0 Å². The maximum absolute atomic E-state index is 13.7. The summed E-state index contributed by atoms with van der Waals surface area (Å²) in [5.41, 5.74) is 1.42. The maximum atomic E-state index is 13.7. The van der Waals surface area contributed by atoms with Gasteiger partial charge < -0.3 is 9.30 Å². The molecule has 8 heteroatoms. The van der Waals surface area contributed by atoms with E-state index < -0.39 is 11.6 Å². The van der Waals surface area contributed by atoms with Gasteiger partial charge in [0.15, 0.2) is 11.6 Å². The Hall–Kier alpha value is -2.80. The number of rotatable bonds is 3. The molecule has 0 saturated heterocycles. The highest BCUT2D eigenvalue weighted by Gasteiger charge is 2.12. The van der Waals surface area contributed by atoms with E-state index >= 15 is 0 Å². The van der Waals surface area contributed by atoms with E-state index in [0.29, 0.717) is 22.9 Å². The molecule has 25 heavy (non-hydrogen) atoms. The van der Waals surface area contributed by atoms with Gasteiger partial charge in [-0.2, -0.15) is 4.98 Å². The first-order valence-electron chi connectivity index (χ1n) is 7.18. The van der Waals surface area contributed by atoms with E-state index in [4.69, 9.17) is 16.3 Å². The van der Waals surface area contributed by atoms with Crippen LogP contribution in [0, 0.1) is 18.6 Å². The lowest BCUT2D eigenvalue weighted by Gasteiger charge is -2.09. The molecule has 0 bridgehead atoms. The molecule has 0 amide bonds. The van der Waals surface area contributed by atoms with Gasteiger partial charge in [0, 0.05) is 36.5 Å². The number of halogens is 3. The molecule has 0 unspecified atom stereocenters. The fourth-order valence-corrected chi connectivity index (χ4v) is 2.46. The second-order valence-electron chi connectivity index (χ2n) is 5.37. The van der Waals surface area contributed by atoms with Gasteiger partial charge in [-0.1, -0.05) is 0 Å². The fraction of sp³-hybridized carbons (Fsp3) is 0.118. The van der Waals surface area contributed by atoms with Crippen LogP contribution in [0.5, 0.6) is 11.6 Å². The predicted octanol–water partition coefficient (Wildman–Crippen LogP) is 3.87. The SMILES string of the molecule is Cc1cc(-c2cc(Oc3ccc(F)cc3F)nc(Cl)n2)cn(C)c1=O. The molecule has 5 nitrogen and oxygen atoms in total. The van der Waals surface area contributed by atoms with Gasteiger partial charge in [0.25, 0.3) is 5.56 Å². The van der Waals surface area contributed by atoms with Gasteiger partial charge in [0.05, 0.1) is 5.69 Å². The molecule has 2 aromatic heterocycles. The minimum absolute atomic E-state index is 0.00739. The largest absolute Gasteiger partial charge is 0.436 e. The number of hydrogen-bond donors (Lipinski definition) is 0. The van der Waals surface area contributed by atoms with Gasteiger partial charge in [0.1, 0.15) is 5.82 Å². The van der Waals surface area contributed by atoms with Crippen molar-refractivity contribution >= 4 is 11.6 Å². The minimum atomic E-state index is -0.866. The van der Waals surface area contributed by atoms with Gasteiger partial charge in [-0.05, 0) is 36.7 Å². The molecule has 3 rings (SSSR count). The van der Waals surface area contributed by atoms with Crippen molar-refractivity contribution in [3.05, 3.63) is 69.4 Å². The normalized spacial score (nSPS) is 10.8. The maximum Gasteiger partial charge on any atom is 0.253 e. The molecular formula is C17H12ClF2N3O2. The molecule has 2 heterocycles. The Balaban J connectivity index is 2.02. The second kappa shape index (κ2) is 6.60. The molecule has 0 saturated carbocycles. The Morgan fingerprint density at radius 1 is 1.16 bits per heavy atom. The first-order valence-corrected chi connectivity index (χ1v) is 7.56. The molecule has 0 aliphatic heterocycles. The summed E-state index contributed by atoms with van der Waals surface area (Å²) in [6.45, 7) is 1.68. The smallest absolute Gasteiger partial charge is 0.253 e. The summed E-state index contributed by atoms with van der Waals surface area (Å²) in [6.07, 6.45) is 1.59. The van der Waals surface area contributed by atoms with Crippen LogP contribution in [0.2, 0.25) is 5.28 Å². The van der Waals surface area contributed by atoms with Gasteiger partial charge in [0.2, 0.25) is 11.2 Å². The highest BCUT2D eigenvalue weighted by atomic mass is 35.5. The Kier molecular flexibility index (Phi) is 4.50. The summed E-state index contributed by atoms with van der Waals surface area (Å²) in [4.78, 5) is 19.8. The third-order valence-electron chi connectivity index (χ3n) is 3.44. The molecule has 128 valence electrons. The second-order valence-corrected chi connectivity index (χ2v) is 5.70. The molecule has 0 N–H and O–H groups in total. The van der Waals surface area contributed by atoms with Gasteiger partial charge in [-0.15, -0.1) is 0 Å². The average Bonchev–Trinajstić information content (AvgIpc) is 2.54. The van der Waals surface area contributed by atoms with Crippen LogP contribution >= 0.6 is 11.6 Å². The van der Waals surface area contributed by atoms with E-state index in [-0.39, 0.29) is 22.5 Å². The Morgan fingerprint density at radius 3 is 2.60 bits per heavy atom. The van der Waals surface area contributed by atoms with Crippen LogP contribution in [0.1, 0.15) is 5.56 Å². The number of hydrogen-bond acceptors (Lipinski definition) is 4. The predicted molar refractivity (Wildman–Crippen MR) is 88.9 cm³/mol. The Morgan fingerprint density at radius 2 is 1.92 bits per heavy atom. The molecule has 3 aromatic rings. The summed E-state index contributed by atoms with van der Waals surface area (Å²) in [6, 6.07) is 6.03. The van der Waals surface area contributed by atoms with Gasteiger partial charge in [-0.25, -0.2) is 13.8 Å². The highest BCUT2D eigenvalue weighted by molar-refractivity contribution is 6.28. The standard InChI is InChI=1S/C17H12ClF2N3O2/c1-9-5-10(8-23(2)16(9)24)13-7-15(22-17(18)21-13)25-14-4-3-11(19)6-12(14)20/h3-8H,1-2H3. The zero-order valence-corrected chi connectivity index (χ0v) is 14.0. The van der Waals surface area contributed by atoms with E-state index in [1.54, 1.807) is 26.2 Å². The van der Waals surface area contributed by atoms with E-state index in [2.05, 4.69) is 9.97 Å². The molecule has 0 atom stereocenters. The van der Waals surface area contributed by atoms with Gasteiger partial charge >= 0.3 is 0 Å². The molecular weight excluding hydrogens is 352 g/mol. The Labute approximate surface area is 146 Å². The average molecular weight is 364 g/mol. The third kappa shape index (κ3) is 3.66. The molecule has 0 fully saturated rings. The van der Waals surface area contributed by atoms with Crippen molar-refractivity contribution in [2.45, 2.75) is 6.92 Å². The first-order chi connectivity index (χ1) is 11.8. The quantitative estimate of drug-likeness (QED) is 0.663. The van der Waals surface area contributed by atoms with Gasteiger partial charge in [-0.3, -0.25) is 4.79 Å². The van der Waals surface area contributed by atoms with Crippen molar-refractivity contribution < 1.29 is 13.5 Å². The summed E-state index contributed by atoms with van der Waals surface area (Å²) in [7, 11) is 1.62. The number of aromatic nitrogens is 3. The number of pyridine rings is 1. The molecule has 0 radical (unpaired) electrons. The van der Waals surface area contributed by atoms with Crippen LogP contribution in [0.15, 0.2) is 41.3 Å². The summed E-state index contributed by atoms with van der Waals surface area (Å²) >= 11 is 5.92. The molecule has 0 aliphatic rings. The Bertz CT molecular complexity index is 995. The van der Waals surface area contributed by atoms with E-state index in [1.165, 1.54) is 10.6 Å². The van der Waals surface area contributed by atoms with Crippen molar-refractivity contribution in [2.24, 2.45) is 7.05 Å². The summed E-state index contributed by atoms with van der Waals surface area (Å²) < 4.78 is 33.5. The highest BCUT2D eigenvalue weighted by Crippen LogP contribution is 2.28. The summed E-state index contributed by atoms with van der Waals surface area (Å²) in [5, 5.41) is -0.110. The van der Waals surface area contributed by atoms with Crippen molar-refractivity contribution in [3.63, 3.8) is 0 Å². The monoisotopic (exact) mass is 363 g/mol. The van der Waals surface area contributed by atoms with Crippen molar-refractivity contribution in [3.8, 4) is 22.9 Å². The summed E-state index contributed by atoms with van der Waals surface area (Å²) in [5.74, 6) is -1.79. The molecule has 0 aliphatic carbocycles. The number of nitrogens with zero attached hydrogens (tertiary/aromatic N) is 3.